The number of carbonyl (C=O) groups is 2. The van der Waals surface area contributed by atoms with Crippen molar-refractivity contribution in [2.24, 2.45) is 0 Å². The Morgan fingerprint density at radius 2 is 1.59 bits per heavy atom. The minimum absolute atomic E-state index is 0.0916. The van der Waals surface area contributed by atoms with Gasteiger partial charge in [-0.3, -0.25) is 9.59 Å². The third kappa shape index (κ3) is 5.76. The summed E-state index contributed by atoms with van der Waals surface area (Å²) >= 11 is 0. The van der Waals surface area contributed by atoms with Gasteiger partial charge in [-0.2, -0.15) is 0 Å². The van der Waals surface area contributed by atoms with Gasteiger partial charge in [0.2, 0.25) is 0 Å². The molecule has 0 unspecified atom stereocenters. The van der Waals surface area contributed by atoms with Gasteiger partial charge >= 0.3 is 0 Å². The highest BCUT2D eigenvalue weighted by atomic mass is 16.5. The minimum Gasteiger partial charge on any atom is -0.483 e. The number of amides is 2. The van der Waals surface area contributed by atoms with E-state index in [1.165, 1.54) is 0 Å². The van der Waals surface area contributed by atoms with E-state index in [9.17, 15) is 9.59 Å². The van der Waals surface area contributed by atoms with Crippen molar-refractivity contribution < 1.29 is 14.3 Å². The molecule has 0 spiro atoms. The van der Waals surface area contributed by atoms with Crippen LogP contribution in [-0.4, -0.2) is 25.0 Å². The van der Waals surface area contributed by atoms with Crippen molar-refractivity contribution in [1.29, 1.82) is 0 Å². The van der Waals surface area contributed by atoms with Crippen molar-refractivity contribution in [3.8, 4) is 5.75 Å². The Morgan fingerprint density at radius 1 is 0.906 bits per heavy atom. The molecule has 0 heterocycles. The summed E-state index contributed by atoms with van der Waals surface area (Å²) < 4.78 is 5.80. The predicted octanol–water partition coefficient (Wildman–Crippen LogP) is 5.67. The van der Waals surface area contributed by atoms with Crippen LogP contribution in [0, 0.1) is 0 Å². The zero-order valence-corrected chi connectivity index (χ0v) is 19.1. The average molecular weight is 431 g/mol. The fourth-order valence-electron chi connectivity index (χ4n) is 3.49. The molecule has 0 aliphatic rings. The summed E-state index contributed by atoms with van der Waals surface area (Å²) in [6.07, 6.45) is 0. The summed E-state index contributed by atoms with van der Waals surface area (Å²) in [4.78, 5) is 27.3. The second-order valence-corrected chi connectivity index (χ2v) is 8.55. The van der Waals surface area contributed by atoms with Gasteiger partial charge in [0.25, 0.3) is 11.8 Å². The predicted molar refractivity (Wildman–Crippen MR) is 130 cm³/mol. The number of hydrogen-bond acceptors (Lipinski definition) is 3. The van der Waals surface area contributed by atoms with E-state index in [2.05, 4.69) is 26.1 Å². The summed E-state index contributed by atoms with van der Waals surface area (Å²) in [6, 6.07) is 24.2. The van der Waals surface area contributed by atoms with E-state index in [4.69, 9.17) is 4.74 Å². The smallest absolute Gasteiger partial charge is 0.262 e. The molecule has 0 fully saturated rings. The van der Waals surface area contributed by atoms with Crippen LogP contribution in [-0.2, 0) is 10.2 Å². The Bertz CT molecular complexity index is 1070. The summed E-state index contributed by atoms with van der Waals surface area (Å²) in [7, 11) is 0. The van der Waals surface area contributed by atoms with Crippen molar-refractivity contribution in [2.45, 2.75) is 33.1 Å². The lowest BCUT2D eigenvalue weighted by atomic mass is 9.86. The molecule has 1 N–H and O–H groups in total. The number of para-hydroxylation sites is 2. The van der Waals surface area contributed by atoms with Crippen LogP contribution in [0.3, 0.4) is 0 Å². The number of nitrogens with one attached hydrogen (secondary N) is 1. The molecule has 0 saturated heterocycles. The molecule has 5 heteroatoms. The largest absolute Gasteiger partial charge is 0.483 e. The summed E-state index contributed by atoms with van der Waals surface area (Å²) in [5, 5.41) is 2.83. The third-order valence-electron chi connectivity index (χ3n) is 5.08. The van der Waals surface area contributed by atoms with E-state index in [1.807, 2.05) is 61.5 Å². The maximum atomic E-state index is 13.0. The topological polar surface area (TPSA) is 58.6 Å². The van der Waals surface area contributed by atoms with Crippen LogP contribution < -0.4 is 15.0 Å². The van der Waals surface area contributed by atoms with Crippen LogP contribution in [0.1, 0.15) is 43.6 Å². The maximum absolute atomic E-state index is 13.0. The Hall–Kier alpha value is -3.60. The highest BCUT2D eigenvalue weighted by Gasteiger charge is 2.19. The number of rotatable bonds is 7. The fraction of sp³-hybridized carbons (Fsp3) is 0.259. The fourth-order valence-corrected chi connectivity index (χ4v) is 3.49. The van der Waals surface area contributed by atoms with E-state index >= 15 is 0 Å². The van der Waals surface area contributed by atoms with Crippen LogP contribution in [0.2, 0.25) is 0 Å². The maximum Gasteiger partial charge on any atom is 0.262 e. The van der Waals surface area contributed by atoms with Gasteiger partial charge in [-0.15, -0.1) is 0 Å². The quantitative estimate of drug-likeness (QED) is 0.525. The standard InChI is InChI=1S/C27H30N2O3/c1-5-29(22-14-7-6-8-15-22)26(31)20-12-11-13-21(18-20)28-25(30)19-32-24-17-10-9-16-23(24)27(2,3)4/h6-18H,5,19H2,1-4H3,(H,28,30). The zero-order chi connectivity index (χ0) is 23.1. The van der Waals surface area contributed by atoms with E-state index in [1.54, 1.807) is 29.2 Å². The van der Waals surface area contributed by atoms with Gasteiger partial charge in [0, 0.05) is 23.5 Å². The number of anilines is 2. The van der Waals surface area contributed by atoms with Gasteiger partial charge in [-0.05, 0) is 54.3 Å². The lowest BCUT2D eigenvalue weighted by Gasteiger charge is -2.22. The molecule has 32 heavy (non-hydrogen) atoms. The highest BCUT2D eigenvalue weighted by Crippen LogP contribution is 2.30. The molecule has 0 aliphatic heterocycles. The molecule has 0 aromatic heterocycles. The molecule has 0 saturated carbocycles. The Morgan fingerprint density at radius 3 is 2.28 bits per heavy atom. The molecule has 0 aliphatic carbocycles. The number of hydrogen-bond donors (Lipinski definition) is 1. The lowest BCUT2D eigenvalue weighted by molar-refractivity contribution is -0.118. The Balaban J connectivity index is 1.67. The second-order valence-electron chi connectivity index (χ2n) is 8.55. The van der Waals surface area contributed by atoms with Gasteiger partial charge in [0.05, 0.1) is 0 Å². The summed E-state index contributed by atoms with van der Waals surface area (Å²) in [5.41, 5.74) is 2.84. The number of ether oxygens (including phenoxy) is 1. The van der Waals surface area contributed by atoms with E-state index in [0.29, 0.717) is 23.5 Å². The molecule has 0 atom stereocenters. The molecule has 3 aromatic carbocycles. The lowest BCUT2D eigenvalue weighted by Crippen LogP contribution is -2.30. The van der Waals surface area contributed by atoms with Gasteiger partial charge in [-0.25, -0.2) is 0 Å². The average Bonchev–Trinajstić information content (AvgIpc) is 2.78. The first-order valence-electron chi connectivity index (χ1n) is 10.8. The first kappa shape index (κ1) is 23.1. The van der Waals surface area contributed by atoms with Crippen molar-refractivity contribution in [1.82, 2.24) is 0 Å². The number of carbonyl (C=O) groups excluding carboxylic acids is 2. The SMILES string of the molecule is CCN(C(=O)c1cccc(NC(=O)COc2ccccc2C(C)(C)C)c1)c1ccccc1. The molecule has 166 valence electrons. The molecule has 5 nitrogen and oxygen atoms in total. The monoisotopic (exact) mass is 430 g/mol. The van der Waals surface area contributed by atoms with Crippen molar-refractivity contribution >= 4 is 23.2 Å². The van der Waals surface area contributed by atoms with Crippen LogP contribution in [0.15, 0.2) is 78.9 Å². The summed E-state index contributed by atoms with van der Waals surface area (Å²) in [6.45, 7) is 8.67. The molecule has 0 radical (unpaired) electrons. The van der Waals surface area contributed by atoms with Gasteiger partial charge in [0.1, 0.15) is 5.75 Å². The molecule has 0 bridgehead atoms. The number of nitrogens with zero attached hydrogens (tertiary/aromatic N) is 1. The van der Waals surface area contributed by atoms with Crippen LogP contribution in [0.5, 0.6) is 5.75 Å². The van der Waals surface area contributed by atoms with E-state index in [0.717, 1.165) is 11.3 Å². The van der Waals surface area contributed by atoms with Gasteiger partial charge in [-0.1, -0.05) is 63.2 Å². The first-order chi connectivity index (χ1) is 15.3. The third-order valence-corrected chi connectivity index (χ3v) is 5.08. The van der Waals surface area contributed by atoms with Crippen LogP contribution >= 0.6 is 0 Å². The van der Waals surface area contributed by atoms with Gasteiger partial charge < -0.3 is 15.0 Å². The molecule has 3 aromatic rings. The van der Waals surface area contributed by atoms with E-state index < -0.39 is 0 Å². The van der Waals surface area contributed by atoms with Gasteiger partial charge in [0.15, 0.2) is 6.61 Å². The molecule has 3 rings (SSSR count). The Kier molecular flexibility index (Phi) is 7.31. The van der Waals surface area contributed by atoms with Crippen molar-refractivity contribution in [2.75, 3.05) is 23.4 Å². The molecule has 2 amide bonds. The Labute approximate surface area is 190 Å². The van der Waals surface area contributed by atoms with E-state index in [-0.39, 0.29) is 23.8 Å². The van der Waals surface area contributed by atoms with Crippen LogP contribution in [0.4, 0.5) is 11.4 Å². The minimum atomic E-state index is -0.284. The van der Waals surface area contributed by atoms with Crippen molar-refractivity contribution in [3.63, 3.8) is 0 Å². The molecular formula is C27H30N2O3. The number of benzene rings is 3. The second kappa shape index (κ2) is 10.1. The normalized spacial score (nSPS) is 11.0. The zero-order valence-electron chi connectivity index (χ0n) is 19.1. The van der Waals surface area contributed by atoms with Crippen molar-refractivity contribution in [3.05, 3.63) is 90.0 Å². The van der Waals surface area contributed by atoms with Crippen LogP contribution in [0.25, 0.3) is 0 Å². The first-order valence-corrected chi connectivity index (χ1v) is 10.8. The summed E-state index contributed by atoms with van der Waals surface area (Å²) in [5.74, 6) is 0.291. The highest BCUT2D eigenvalue weighted by molar-refractivity contribution is 6.07. The molecular weight excluding hydrogens is 400 g/mol.